The van der Waals surface area contributed by atoms with Crippen LogP contribution in [-0.2, 0) is 7.05 Å². The number of nitrogens with zero attached hydrogens (tertiary/aromatic N) is 4. The van der Waals surface area contributed by atoms with E-state index in [2.05, 4.69) is 25.9 Å². The number of hydrogen-bond donors (Lipinski definition) is 0. The van der Waals surface area contributed by atoms with Crippen LogP contribution >= 0.6 is 15.9 Å². The highest BCUT2D eigenvalue weighted by Crippen LogP contribution is 2.35. The number of amides is 1. The lowest BCUT2D eigenvalue weighted by atomic mass is 10.1. The molecule has 1 aliphatic heterocycles. The average molecular weight is 457 g/mol. The minimum absolute atomic E-state index is 0.152. The van der Waals surface area contributed by atoms with Crippen molar-refractivity contribution in [2.45, 2.75) is 0 Å². The van der Waals surface area contributed by atoms with Gasteiger partial charge in [0.2, 0.25) is 0 Å². The van der Waals surface area contributed by atoms with E-state index in [1.54, 1.807) is 37.3 Å². The Bertz CT molecular complexity index is 1140. The lowest BCUT2D eigenvalue weighted by Gasteiger charge is -2.36. The molecular weight excluding hydrogens is 436 g/mol. The molecule has 1 aliphatic rings. The molecule has 1 saturated heterocycles. The summed E-state index contributed by atoms with van der Waals surface area (Å²) in [5.41, 5.74) is 1.16. The monoisotopic (exact) mass is 456 g/mol. The van der Waals surface area contributed by atoms with Crippen LogP contribution in [0.5, 0.6) is 5.75 Å². The number of rotatable bonds is 3. The van der Waals surface area contributed by atoms with Gasteiger partial charge in [-0.2, -0.15) is 5.10 Å². The van der Waals surface area contributed by atoms with Gasteiger partial charge in [0.15, 0.2) is 5.69 Å². The lowest BCUT2D eigenvalue weighted by Crippen LogP contribution is -2.49. The third-order valence-electron chi connectivity index (χ3n) is 5.23. The molecule has 0 aliphatic carbocycles. The SMILES string of the molecule is COc1cccc(N2CCN(C(=O)c3nn(C)c(=O)c4ccccc34)CC2)c1Br. The molecule has 3 aromatic rings. The second-order valence-electron chi connectivity index (χ2n) is 6.90. The van der Waals surface area contributed by atoms with Crippen molar-refractivity contribution < 1.29 is 9.53 Å². The van der Waals surface area contributed by atoms with Gasteiger partial charge in [0, 0.05) is 38.6 Å². The second kappa shape index (κ2) is 7.87. The summed E-state index contributed by atoms with van der Waals surface area (Å²) in [5.74, 6) is 0.628. The van der Waals surface area contributed by atoms with Gasteiger partial charge in [-0.05, 0) is 34.1 Å². The zero-order valence-electron chi connectivity index (χ0n) is 16.3. The summed E-state index contributed by atoms with van der Waals surface area (Å²) in [7, 11) is 3.22. The summed E-state index contributed by atoms with van der Waals surface area (Å²) in [5, 5.41) is 5.37. The van der Waals surface area contributed by atoms with Crippen LogP contribution in [0.3, 0.4) is 0 Å². The highest BCUT2D eigenvalue weighted by atomic mass is 79.9. The van der Waals surface area contributed by atoms with Gasteiger partial charge in [-0.15, -0.1) is 0 Å². The Morgan fingerprint density at radius 3 is 2.41 bits per heavy atom. The molecule has 1 aromatic heterocycles. The van der Waals surface area contributed by atoms with E-state index in [9.17, 15) is 9.59 Å². The molecule has 0 radical (unpaired) electrons. The number of carbonyl (C=O) groups excluding carboxylic acids is 1. The molecule has 2 aromatic carbocycles. The Hall–Kier alpha value is -2.87. The van der Waals surface area contributed by atoms with Gasteiger partial charge in [-0.3, -0.25) is 9.59 Å². The summed E-state index contributed by atoms with van der Waals surface area (Å²) in [6.45, 7) is 2.53. The Morgan fingerprint density at radius 2 is 1.72 bits per heavy atom. The average Bonchev–Trinajstić information content (AvgIpc) is 2.76. The number of hydrogen-bond acceptors (Lipinski definition) is 5. The summed E-state index contributed by atoms with van der Waals surface area (Å²) >= 11 is 3.61. The molecule has 0 atom stereocenters. The molecule has 8 heteroatoms. The molecule has 0 spiro atoms. The minimum atomic E-state index is -0.204. The summed E-state index contributed by atoms with van der Waals surface area (Å²) in [6, 6.07) is 13.0. The van der Waals surface area contributed by atoms with Gasteiger partial charge in [-0.1, -0.05) is 24.3 Å². The van der Waals surface area contributed by atoms with E-state index < -0.39 is 0 Å². The van der Waals surface area contributed by atoms with Crippen molar-refractivity contribution in [1.82, 2.24) is 14.7 Å². The first kappa shape index (κ1) is 19.4. The smallest absolute Gasteiger partial charge is 0.275 e. The number of aromatic nitrogens is 2. The number of carbonyl (C=O) groups is 1. The maximum atomic E-state index is 13.2. The number of aryl methyl sites for hydroxylation is 1. The predicted molar refractivity (Wildman–Crippen MR) is 116 cm³/mol. The van der Waals surface area contributed by atoms with Crippen molar-refractivity contribution >= 4 is 38.3 Å². The normalized spacial score (nSPS) is 14.3. The van der Waals surface area contributed by atoms with E-state index in [1.807, 2.05) is 24.3 Å². The lowest BCUT2D eigenvalue weighted by molar-refractivity contribution is 0.0740. The predicted octanol–water partition coefficient (Wildman–Crippen LogP) is 2.67. The van der Waals surface area contributed by atoms with Crippen molar-refractivity contribution in [1.29, 1.82) is 0 Å². The van der Waals surface area contributed by atoms with Crippen LogP contribution in [-0.4, -0.2) is 53.9 Å². The Balaban J connectivity index is 1.57. The molecule has 4 rings (SSSR count). The number of piperazine rings is 1. The van der Waals surface area contributed by atoms with Gasteiger partial charge in [-0.25, -0.2) is 4.68 Å². The Labute approximate surface area is 176 Å². The maximum Gasteiger partial charge on any atom is 0.275 e. The third-order valence-corrected chi connectivity index (χ3v) is 6.03. The van der Waals surface area contributed by atoms with Gasteiger partial charge < -0.3 is 14.5 Å². The van der Waals surface area contributed by atoms with Gasteiger partial charge in [0.05, 0.1) is 22.7 Å². The number of fused-ring (bicyclic) bond motifs is 1. The maximum absolute atomic E-state index is 13.2. The molecule has 29 heavy (non-hydrogen) atoms. The summed E-state index contributed by atoms with van der Waals surface area (Å²) < 4.78 is 7.53. The van der Waals surface area contributed by atoms with Crippen molar-refractivity contribution in [3.8, 4) is 5.75 Å². The van der Waals surface area contributed by atoms with E-state index in [1.165, 1.54) is 4.68 Å². The van der Waals surface area contributed by atoms with E-state index in [0.29, 0.717) is 42.6 Å². The van der Waals surface area contributed by atoms with Crippen LogP contribution in [0.15, 0.2) is 51.7 Å². The van der Waals surface area contributed by atoms with Crippen LogP contribution in [0.2, 0.25) is 0 Å². The fourth-order valence-electron chi connectivity index (χ4n) is 3.66. The minimum Gasteiger partial charge on any atom is -0.495 e. The van der Waals surface area contributed by atoms with Crippen LogP contribution in [0.4, 0.5) is 5.69 Å². The van der Waals surface area contributed by atoms with Crippen LogP contribution in [0.25, 0.3) is 10.8 Å². The Morgan fingerprint density at radius 1 is 1.03 bits per heavy atom. The summed E-state index contributed by atoms with van der Waals surface area (Å²) in [4.78, 5) is 29.5. The zero-order chi connectivity index (χ0) is 20.5. The van der Waals surface area contributed by atoms with Crippen LogP contribution in [0, 0.1) is 0 Å². The largest absolute Gasteiger partial charge is 0.495 e. The topological polar surface area (TPSA) is 67.7 Å². The number of methoxy groups -OCH3 is 1. The fraction of sp³-hybridized carbons (Fsp3) is 0.286. The fourth-order valence-corrected chi connectivity index (χ4v) is 4.34. The van der Waals surface area contributed by atoms with Crippen molar-refractivity contribution in [2.24, 2.45) is 7.05 Å². The summed E-state index contributed by atoms with van der Waals surface area (Å²) in [6.07, 6.45) is 0. The van der Waals surface area contributed by atoms with E-state index in [-0.39, 0.29) is 11.5 Å². The first-order chi connectivity index (χ1) is 14.0. The molecule has 0 saturated carbocycles. The highest BCUT2D eigenvalue weighted by Gasteiger charge is 2.26. The highest BCUT2D eigenvalue weighted by molar-refractivity contribution is 9.10. The molecule has 0 N–H and O–H groups in total. The van der Waals surface area contributed by atoms with Crippen LogP contribution in [0.1, 0.15) is 10.5 Å². The second-order valence-corrected chi connectivity index (χ2v) is 7.69. The first-order valence-electron chi connectivity index (χ1n) is 9.34. The molecule has 2 heterocycles. The van der Waals surface area contributed by atoms with E-state index in [4.69, 9.17) is 4.74 Å². The molecule has 0 bridgehead atoms. The number of benzene rings is 2. The molecule has 0 unspecified atom stereocenters. The van der Waals surface area contributed by atoms with Crippen molar-refractivity contribution in [3.05, 3.63) is 63.0 Å². The van der Waals surface area contributed by atoms with Gasteiger partial charge >= 0.3 is 0 Å². The van der Waals surface area contributed by atoms with Crippen molar-refractivity contribution in [3.63, 3.8) is 0 Å². The zero-order valence-corrected chi connectivity index (χ0v) is 17.8. The third kappa shape index (κ3) is 3.48. The molecular formula is C21H21BrN4O3. The molecule has 150 valence electrons. The van der Waals surface area contributed by atoms with Gasteiger partial charge in [0.1, 0.15) is 5.75 Å². The first-order valence-corrected chi connectivity index (χ1v) is 10.1. The number of halogens is 1. The van der Waals surface area contributed by atoms with E-state index >= 15 is 0 Å². The Kier molecular flexibility index (Phi) is 5.27. The molecule has 1 amide bonds. The van der Waals surface area contributed by atoms with E-state index in [0.717, 1.165) is 15.9 Å². The number of ether oxygens (including phenoxy) is 1. The molecule has 7 nitrogen and oxygen atoms in total. The standard InChI is InChI=1S/C21H21BrN4O3/c1-24-20(27)15-7-4-3-6-14(15)19(23-24)21(28)26-12-10-25(11-13-26)16-8-5-9-17(29-2)18(16)22/h3-9H,10-13H2,1-2H3. The molecule has 1 fully saturated rings. The van der Waals surface area contributed by atoms with Gasteiger partial charge in [0.25, 0.3) is 11.5 Å². The quantitative estimate of drug-likeness (QED) is 0.605. The van der Waals surface area contributed by atoms with Crippen LogP contribution < -0.4 is 15.2 Å². The van der Waals surface area contributed by atoms with Crippen molar-refractivity contribution in [2.75, 3.05) is 38.2 Å². The number of anilines is 1.